The molecule has 0 saturated heterocycles. The first kappa shape index (κ1) is 25.3. The van der Waals surface area contributed by atoms with E-state index in [2.05, 4.69) is 0 Å². The number of esters is 1. The topological polar surface area (TPSA) is 121 Å². The summed E-state index contributed by atoms with van der Waals surface area (Å²) in [5, 5.41) is 26.9. The minimum Gasteiger partial charge on any atom is -0.481 e. The maximum Gasteiger partial charge on any atom is 0.336 e. The number of nitrogens with zero attached hydrogens (tertiary/aromatic N) is 1. The number of carboxylic acids is 2. The number of hydrogen-bond donors (Lipinski definition) is 3. The minimum atomic E-state index is -2.64. The molecule has 10 heteroatoms. The molecular formula is C11H20Fe2NO7+. The van der Waals surface area contributed by atoms with Gasteiger partial charge in [-0.05, 0) is 0 Å². The molecule has 8 nitrogen and oxygen atoms in total. The van der Waals surface area contributed by atoms with Crippen molar-refractivity contribution in [1.29, 1.82) is 0 Å². The van der Waals surface area contributed by atoms with Crippen LogP contribution in [0.4, 0.5) is 0 Å². The van der Waals surface area contributed by atoms with Crippen molar-refractivity contribution in [2.75, 3.05) is 34.3 Å². The van der Waals surface area contributed by atoms with Gasteiger partial charge in [0.2, 0.25) is 0 Å². The monoisotopic (exact) mass is 390 g/mol. The Kier molecular flexibility index (Phi) is 12.2. The number of quaternary nitrogens is 1. The van der Waals surface area contributed by atoms with Gasteiger partial charge < -0.3 is 24.5 Å². The maximum atomic E-state index is 11.4. The third-order valence-corrected chi connectivity index (χ3v) is 2.30. The Labute approximate surface area is 144 Å². The molecule has 0 radical (unpaired) electrons. The van der Waals surface area contributed by atoms with Gasteiger partial charge in [-0.1, -0.05) is 0 Å². The second kappa shape index (κ2) is 10.2. The fraction of sp³-hybridized carbons (Fsp3) is 0.727. The van der Waals surface area contributed by atoms with Gasteiger partial charge in [0.15, 0.2) is 5.60 Å². The van der Waals surface area contributed by atoms with E-state index in [0.717, 1.165) is 0 Å². The molecule has 0 aliphatic carbocycles. The molecule has 0 aromatic rings. The number of aliphatic carboxylic acids is 2. The van der Waals surface area contributed by atoms with E-state index in [1.165, 1.54) is 0 Å². The molecule has 1 unspecified atom stereocenters. The molecule has 0 aliphatic rings. The molecule has 21 heavy (non-hydrogen) atoms. The fourth-order valence-electron chi connectivity index (χ4n) is 1.19. The summed E-state index contributed by atoms with van der Waals surface area (Å²) in [6.07, 6.45) is -1.96. The molecule has 0 aliphatic heterocycles. The molecule has 0 heterocycles. The third-order valence-electron chi connectivity index (χ3n) is 2.30. The molecule has 0 saturated carbocycles. The van der Waals surface area contributed by atoms with Crippen molar-refractivity contribution in [2.45, 2.75) is 18.4 Å². The van der Waals surface area contributed by atoms with E-state index >= 15 is 0 Å². The van der Waals surface area contributed by atoms with Crippen molar-refractivity contribution < 1.29 is 73.1 Å². The smallest absolute Gasteiger partial charge is 0.336 e. The molecular weight excluding hydrogens is 370 g/mol. The van der Waals surface area contributed by atoms with E-state index < -0.39 is 36.4 Å². The molecule has 126 valence electrons. The van der Waals surface area contributed by atoms with Crippen LogP contribution in [0.5, 0.6) is 0 Å². The number of likely N-dealkylation sites (N-methyl/N-ethyl adjacent to an activating group) is 1. The molecule has 0 amide bonds. The molecule has 0 rings (SSSR count). The predicted molar refractivity (Wildman–Crippen MR) is 63.3 cm³/mol. The second-order valence-electron chi connectivity index (χ2n) is 5.32. The van der Waals surface area contributed by atoms with Crippen LogP contribution in [-0.4, -0.2) is 77.6 Å². The van der Waals surface area contributed by atoms with E-state index in [0.29, 0.717) is 11.0 Å². The Hall–Kier alpha value is -0.631. The van der Waals surface area contributed by atoms with Gasteiger partial charge in [0.05, 0.1) is 34.0 Å². The summed E-state index contributed by atoms with van der Waals surface area (Å²) in [6.45, 7) is 0.571. The van der Waals surface area contributed by atoms with Gasteiger partial charge in [-0.15, -0.1) is 0 Å². The zero-order valence-electron chi connectivity index (χ0n) is 12.0. The quantitative estimate of drug-likeness (QED) is 0.274. The zero-order valence-corrected chi connectivity index (χ0v) is 14.2. The Balaban J connectivity index is -0.00000162. The number of hydrogen-bond acceptors (Lipinski definition) is 5. The summed E-state index contributed by atoms with van der Waals surface area (Å²) in [4.78, 5) is 32.7. The molecule has 3 N–H and O–H groups in total. The largest absolute Gasteiger partial charge is 0.481 e. The maximum absolute atomic E-state index is 11.4. The van der Waals surface area contributed by atoms with Gasteiger partial charge in [0.25, 0.3) is 0 Å². The second-order valence-corrected chi connectivity index (χ2v) is 5.32. The Morgan fingerprint density at radius 1 is 1.05 bits per heavy atom. The van der Waals surface area contributed by atoms with Crippen molar-refractivity contribution in [1.82, 2.24) is 0 Å². The molecule has 0 spiro atoms. The number of carbonyl (C=O) groups excluding carboxylic acids is 1. The molecule has 1 atom stereocenters. The van der Waals surface area contributed by atoms with Crippen LogP contribution < -0.4 is 0 Å². The zero-order chi connectivity index (χ0) is 15.3. The van der Waals surface area contributed by atoms with Gasteiger partial charge in [0.1, 0.15) is 13.2 Å². The van der Waals surface area contributed by atoms with E-state index in [4.69, 9.17) is 14.9 Å². The van der Waals surface area contributed by atoms with Crippen molar-refractivity contribution in [2.24, 2.45) is 0 Å². The van der Waals surface area contributed by atoms with Crippen LogP contribution in [0.2, 0.25) is 0 Å². The van der Waals surface area contributed by atoms with Crippen LogP contribution in [0.3, 0.4) is 0 Å². The van der Waals surface area contributed by atoms with E-state index in [1.807, 2.05) is 21.1 Å². The SMILES string of the molecule is C[N+](C)(C)CCOC(=O)CC(O)(CC(=O)O)C(=O)O.[Fe].[Fe]. The summed E-state index contributed by atoms with van der Waals surface area (Å²) in [7, 11) is 5.64. The molecule has 0 aromatic heterocycles. The normalized spacial score (nSPS) is 13.1. The van der Waals surface area contributed by atoms with Crippen molar-refractivity contribution in [3.8, 4) is 0 Å². The summed E-state index contributed by atoms with van der Waals surface area (Å²) in [5.74, 6) is -4.22. The van der Waals surface area contributed by atoms with Crippen LogP contribution in [0.15, 0.2) is 0 Å². The average molecular weight is 390 g/mol. The third kappa shape index (κ3) is 11.7. The molecule has 0 bridgehead atoms. The van der Waals surface area contributed by atoms with Gasteiger partial charge in [-0.2, -0.15) is 0 Å². The van der Waals surface area contributed by atoms with Crippen LogP contribution in [0.1, 0.15) is 12.8 Å². The Morgan fingerprint density at radius 3 is 1.86 bits per heavy atom. The Morgan fingerprint density at radius 2 is 1.52 bits per heavy atom. The van der Waals surface area contributed by atoms with Gasteiger partial charge >= 0.3 is 17.9 Å². The number of carboxylic acid groups (broad SMARTS) is 2. The van der Waals surface area contributed by atoms with Gasteiger partial charge in [-0.25, -0.2) is 4.79 Å². The van der Waals surface area contributed by atoms with E-state index in [1.54, 1.807) is 0 Å². The van der Waals surface area contributed by atoms with E-state index in [-0.39, 0.29) is 40.7 Å². The number of aliphatic hydroxyl groups is 1. The van der Waals surface area contributed by atoms with Crippen LogP contribution in [0, 0.1) is 0 Å². The van der Waals surface area contributed by atoms with E-state index in [9.17, 15) is 19.5 Å². The summed E-state index contributed by atoms with van der Waals surface area (Å²) in [6, 6.07) is 0. The summed E-state index contributed by atoms with van der Waals surface area (Å²) < 4.78 is 5.32. The first-order valence-electron chi connectivity index (χ1n) is 5.60. The summed E-state index contributed by atoms with van der Waals surface area (Å²) in [5.41, 5.74) is -2.64. The Bertz CT molecular complexity index is 370. The van der Waals surface area contributed by atoms with Crippen LogP contribution in [-0.2, 0) is 53.3 Å². The first-order valence-corrected chi connectivity index (χ1v) is 5.60. The molecule has 0 fully saturated rings. The number of carbonyl (C=O) groups is 3. The number of rotatable bonds is 8. The van der Waals surface area contributed by atoms with Gasteiger partial charge in [-0.3, -0.25) is 9.59 Å². The molecule has 0 aromatic carbocycles. The predicted octanol–water partition coefficient (Wildman–Crippen LogP) is -1.09. The van der Waals surface area contributed by atoms with Crippen molar-refractivity contribution in [3.05, 3.63) is 0 Å². The number of ether oxygens (including phenoxy) is 1. The van der Waals surface area contributed by atoms with Crippen molar-refractivity contribution >= 4 is 17.9 Å². The standard InChI is InChI=1S/C11H19NO7.2Fe/c1-12(2,3)4-5-19-9(15)7-11(18,10(16)17)6-8(13)14;;/h18H,4-7H2,1-3H3,(H-,13,14,16,17);;/p+1. The van der Waals surface area contributed by atoms with Crippen LogP contribution >= 0.6 is 0 Å². The first-order chi connectivity index (χ1) is 8.46. The summed E-state index contributed by atoms with van der Waals surface area (Å²) >= 11 is 0. The average Bonchev–Trinajstić information content (AvgIpc) is 2.12. The van der Waals surface area contributed by atoms with Crippen molar-refractivity contribution in [3.63, 3.8) is 0 Å². The minimum absolute atomic E-state index is 0. The van der Waals surface area contributed by atoms with Gasteiger partial charge in [0, 0.05) is 34.1 Å². The fourth-order valence-corrected chi connectivity index (χ4v) is 1.19. The van der Waals surface area contributed by atoms with Crippen LogP contribution in [0.25, 0.3) is 0 Å².